The highest BCUT2D eigenvalue weighted by atomic mass is 32.2. The SMILES string of the molecule is COC(=O)NS(=O)(=O)N1C(C)CC2CNCC21. The van der Waals surface area contributed by atoms with Crippen LogP contribution in [0.25, 0.3) is 0 Å². The molecule has 98 valence electrons. The first-order valence-electron chi connectivity index (χ1n) is 5.55. The van der Waals surface area contributed by atoms with Crippen molar-refractivity contribution in [1.29, 1.82) is 0 Å². The number of nitrogens with one attached hydrogen (secondary N) is 2. The molecule has 2 fully saturated rings. The standard InChI is InChI=1S/C9H17N3O4S/c1-6-3-7-4-10-5-8(7)12(6)17(14,15)11-9(13)16-2/h6-8,10H,3-5H2,1-2H3,(H,11,13). The Morgan fingerprint density at radius 2 is 2.18 bits per heavy atom. The lowest BCUT2D eigenvalue weighted by Gasteiger charge is -2.25. The van der Waals surface area contributed by atoms with E-state index in [1.807, 2.05) is 11.6 Å². The van der Waals surface area contributed by atoms with Gasteiger partial charge in [0, 0.05) is 18.6 Å². The van der Waals surface area contributed by atoms with Gasteiger partial charge in [-0.25, -0.2) is 9.52 Å². The molecule has 1 amide bonds. The van der Waals surface area contributed by atoms with E-state index < -0.39 is 16.3 Å². The second kappa shape index (κ2) is 4.43. The molecule has 0 aromatic heterocycles. The van der Waals surface area contributed by atoms with Gasteiger partial charge in [-0.2, -0.15) is 12.7 Å². The van der Waals surface area contributed by atoms with Crippen molar-refractivity contribution in [2.75, 3.05) is 20.2 Å². The van der Waals surface area contributed by atoms with Gasteiger partial charge in [-0.15, -0.1) is 0 Å². The number of carbonyl (C=O) groups is 1. The van der Waals surface area contributed by atoms with Crippen molar-refractivity contribution >= 4 is 16.3 Å². The molecule has 2 N–H and O–H groups in total. The minimum absolute atomic E-state index is 0.0628. The van der Waals surface area contributed by atoms with Crippen LogP contribution in [-0.4, -0.2) is 51.1 Å². The molecule has 2 aliphatic heterocycles. The average Bonchev–Trinajstić information content (AvgIpc) is 2.75. The second-order valence-corrected chi connectivity index (χ2v) is 6.07. The van der Waals surface area contributed by atoms with Crippen molar-refractivity contribution in [3.05, 3.63) is 0 Å². The minimum Gasteiger partial charge on any atom is -0.452 e. The maximum absolute atomic E-state index is 12.0. The number of hydrogen-bond donors (Lipinski definition) is 2. The predicted octanol–water partition coefficient (Wildman–Crippen LogP) is -0.731. The number of fused-ring (bicyclic) bond motifs is 1. The van der Waals surface area contributed by atoms with Crippen molar-refractivity contribution in [2.45, 2.75) is 25.4 Å². The first-order valence-corrected chi connectivity index (χ1v) is 6.99. The average molecular weight is 263 g/mol. The molecule has 0 spiro atoms. The van der Waals surface area contributed by atoms with E-state index in [1.54, 1.807) is 0 Å². The molecule has 0 radical (unpaired) electrons. The molecule has 7 nitrogen and oxygen atoms in total. The lowest BCUT2D eigenvalue weighted by Crippen LogP contribution is -2.50. The molecule has 0 aromatic carbocycles. The van der Waals surface area contributed by atoms with Crippen LogP contribution < -0.4 is 10.0 Å². The molecule has 0 bridgehead atoms. The largest absolute Gasteiger partial charge is 0.452 e. The Balaban J connectivity index is 2.17. The highest BCUT2D eigenvalue weighted by molar-refractivity contribution is 7.87. The summed E-state index contributed by atoms with van der Waals surface area (Å²) >= 11 is 0. The van der Waals surface area contributed by atoms with Gasteiger partial charge in [0.1, 0.15) is 0 Å². The molecule has 0 aliphatic carbocycles. The van der Waals surface area contributed by atoms with Gasteiger partial charge in [0.2, 0.25) is 0 Å². The molecular weight excluding hydrogens is 246 g/mol. The Morgan fingerprint density at radius 1 is 1.47 bits per heavy atom. The molecule has 3 atom stereocenters. The van der Waals surface area contributed by atoms with E-state index in [-0.39, 0.29) is 12.1 Å². The zero-order valence-electron chi connectivity index (χ0n) is 9.84. The second-order valence-electron chi connectivity index (χ2n) is 4.50. The first kappa shape index (κ1) is 12.6. The van der Waals surface area contributed by atoms with E-state index in [0.717, 1.165) is 20.1 Å². The summed E-state index contributed by atoms with van der Waals surface area (Å²) in [6.45, 7) is 3.32. The summed E-state index contributed by atoms with van der Waals surface area (Å²) in [7, 11) is -2.67. The molecule has 2 rings (SSSR count). The maximum atomic E-state index is 12.0. The quantitative estimate of drug-likeness (QED) is 0.686. The Morgan fingerprint density at radius 3 is 2.82 bits per heavy atom. The Bertz CT molecular complexity index is 410. The molecule has 0 saturated carbocycles. The number of rotatable bonds is 2. The highest BCUT2D eigenvalue weighted by Crippen LogP contribution is 2.33. The molecule has 2 heterocycles. The summed E-state index contributed by atoms with van der Waals surface area (Å²) in [5, 5.41) is 3.16. The highest BCUT2D eigenvalue weighted by Gasteiger charge is 2.47. The number of carbonyl (C=O) groups excluding carboxylic acids is 1. The summed E-state index contributed by atoms with van der Waals surface area (Å²) in [5.41, 5.74) is 0. The van der Waals surface area contributed by atoms with Gasteiger partial charge in [0.05, 0.1) is 7.11 Å². The molecule has 2 aliphatic rings. The van der Waals surface area contributed by atoms with Gasteiger partial charge < -0.3 is 10.1 Å². The zero-order valence-corrected chi connectivity index (χ0v) is 10.7. The normalized spacial score (nSPS) is 33.4. The fraction of sp³-hybridized carbons (Fsp3) is 0.889. The summed E-state index contributed by atoms with van der Waals surface area (Å²) in [4.78, 5) is 11.0. The van der Waals surface area contributed by atoms with Crippen LogP contribution in [0.3, 0.4) is 0 Å². The number of amides is 1. The number of hydrogen-bond acceptors (Lipinski definition) is 5. The van der Waals surface area contributed by atoms with Crippen molar-refractivity contribution in [1.82, 2.24) is 14.3 Å². The fourth-order valence-corrected chi connectivity index (χ4v) is 4.30. The topological polar surface area (TPSA) is 87.7 Å². The van der Waals surface area contributed by atoms with Crippen LogP contribution in [-0.2, 0) is 14.9 Å². The molecule has 0 aromatic rings. The van der Waals surface area contributed by atoms with Crippen LogP contribution in [0.2, 0.25) is 0 Å². The zero-order chi connectivity index (χ0) is 12.6. The van der Waals surface area contributed by atoms with E-state index in [4.69, 9.17) is 0 Å². The number of methoxy groups -OCH3 is 1. The Kier molecular flexibility index (Phi) is 3.28. The van der Waals surface area contributed by atoms with Gasteiger partial charge in [-0.1, -0.05) is 0 Å². The summed E-state index contributed by atoms with van der Waals surface area (Å²) in [5.74, 6) is 0.333. The smallest absolute Gasteiger partial charge is 0.421 e. The van der Waals surface area contributed by atoms with E-state index in [2.05, 4.69) is 10.1 Å². The van der Waals surface area contributed by atoms with Crippen LogP contribution in [0.5, 0.6) is 0 Å². The van der Waals surface area contributed by atoms with Gasteiger partial charge >= 0.3 is 16.3 Å². The third kappa shape index (κ3) is 2.24. The van der Waals surface area contributed by atoms with Crippen LogP contribution in [0.1, 0.15) is 13.3 Å². The van der Waals surface area contributed by atoms with Crippen LogP contribution in [0, 0.1) is 5.92 Å². The lowest BCUT2D eigenvalue weighted by atomic mass is 10.0. The van der Waals surface area contributed by atoms with Crippen LogP contribution in [0.15, 0.2) is 0 Å². The third-order valence-corrected chi connectivity index (χ3v) is 4.99. The van der Waals surface area contributed by atoms with Gasteiger partial charge in [0.15, 0.2) is 0 Å². The van der Waals surface area contributed by atoms with Crippen molar-refractivity contribution < 1.29 is 17.9 Å². The molecule has 8 heteroatoms. The first-order chi connectivity index (χ1) is 7.95. The maximum Gasteiger partial charge on any atom is 0.421 e. The number of nitrogens with zero attached hydrogens (tertiary/aromatic N) is 1. The van der Waals surface area contributed by atoms with Crippen LogP contribution >= 0.6 is 0 Å². The Hall–Kier alpha value is -0.860. The molecular formula is C9H17N3O4S. The third-order valence-electron chi connectivity index (χ3n) is 3.38. The molecule has 17 heavy (non-hydrogen) atoms. The van der Waals surface area contributed by atoms with Crippen LogP contribution in [0.4, 0.5) is 4.79 Å². The predicted molar refractivity (Wildman–Crippen MR) is 60.5 cm³/mol. The van der Waals surface area contributed by atoms with E-state index in [9.17, 15) is 13.2 Å². The van der Waals surface area contributed by atoms with Gasteiger partial charge in [-0.3, -0.25) is 0 Å². The van der Waals surface area contributed by atoms with E-state index in [1.165, 1.54) is 4.31 Å². The number of ether oxygens (including phenoxy) is 1. The lowest BCUT2D eigenvalue weighted by molar-refractivity contribution is 0.176. The summed E-state index contributed by atoms with van der Waals surface area (Å²) in [6.07, 6.45) is -0.133. The Labute approximate surface area is 101 Å². The monoisotopic (exact) mass is 263 g/mol. The summed E-state index contributed by atoms with van der Waals surface area (Å²) < 4.78 is 31.7. The summed E-state index contributed by atoms with van der Waals surface area (Å²) in [6, 6.07) is -0.151. The van der Waals surface area contributed by atoms with Gasteiger partial charge in [-0.05, 0) is 25.8 Å². The molecule has 3 unspecified atom stereocenters. The molecule has 2 saturated heterocycles. The van der Waals surface area contributed by atoms with E-state index >= 15 is 0 Å². The minimum atomic E-state index is -3.81. The van der Waals surface area contributed by atoms with Crippen molar-refractivity contribution in [2.24, 2.45) is 5.92 Å². The fourth-order valence-electron chi connectivity index (χ4n) is 2.74. The van der Waals surface area contributed by atoms with Gasteiger partial charge in [0.25, 0.3) is 0 Å². The van der Waals surface area contributed by atoms with Crippen molar-refractivity contribution in [3.63, 3.8) is 0 Å². The van der Waals surface area contributed by atoms with E-state index in [0.29, 0.717) is 12.5 Å². The van der Waals surface area contributed by atoms with Crippen molar-refractivity contribution in [3.8, 4) is 0 Å².